The summed E-state index contributed by atoms with van der Waals surface area (Å²) in [5.74, 6) is 1.79. The Kier molecular flexibility index (Phi) is 4.13. The lowest BCUT2D eigenvalue weighted by molar-refractivity contribution is 0.474. The number of aromatic nitrogens is 4. The summed E-state index contributed by atoms with van der Waals surface area (Å²) >= 11 is 0. The van der Waals surface area contributed by atoms with Crippen molar-refractivity contribution in [3.05, 3.63) is 59.3 Å². The van der Waals surface area contributed by atoms with Gasteiger partial charge in [0.2, 0.25) is 0 Å². The summed E-state index contributed by atoms with van der Waals surface area (Å²) in [6, 6.07) is 9.05. The molecule has 1 unspecified atom stereocenters. The van der Waals surface area contributed by atoms with Gasteiger partial charge in [0.1, 0.15) is 6.17 Å². The van der Waals surface area contributed by atoms with Crippen molar-refractivity contribution in [3.63, 3.8) is 0 Å². The van der Waals surface area contributed by atoms with Crippen molar-refractivity contribution in [1.29, 1.82) is 0 Å². The van der Waals surface area contributed by atoms with Crippen LogP contribution in [0.3, 0.4) is 0 Å². The fraction of sp³-hybridized carbons (Fsp3) is 0.381. The number of pyridine rings is 1. The first kappa shape index (κ1) is 16.4. The van der Waals surface area contributed by atoms with Gasteiger partial charge in [-0.15, -0.1) is 10.2 Å². The molecular weight excluding hydrogens is 336 g/mol. The first-order chi connectivity index (χ1) is 13.3. The molecule has 6 heteroatoms. The molecule has 1 aromatic carbocycles. The molecule has 3 aromatic rings. The molecule has 2 aliphatic rings. The lowest BCUT2D eigenvalue weighted by Gasteiger charge is -2.26. The van der Waals surface area contributed by atoms with Crippen LogP contribution >= 0.6 is 0 Å². The molecule has 0 saturated heterocycles. The highest BCUT2D eigenvalue weighted by Gasteiger charge is 2.22. The van der Waals surface area contributed by atoms with Crippen LogP contribution in [0.15, 0.2) is 36.5 Å². The zero-order valence-corrected chi connectivity index (χ0v) is 15.5. The summed E-state index contributed by atoms with van der Waals surface area (Å²) in [6.07, 6.45) is 12.1. The Morgan fingerprint density at radius 1 is 1.22 bits per heavy atom. The van der Waals surface area contributed by atoms with E-state index in [0.29, 0.717) is 6.04 Å². The van der Waals surface area contributed by atoms with Crippen molar-refractivity contribution in [2.45, 2.75) is 51.2 Å². The van der Waals surface area contributed by atoms with Crippen LogP contribution in [-0.4, -0.2) is 32.1 Å². The lowest BCUT2D eigenvalue weighted by Crippen LogP contribution is -2.45. The topological polar surface area (TPSA) is 67.7 Å². The van der Waals surface area contributed by atoms with Crippen LogP contribution in [-0.2, 0) is 6.42 Å². The number of rotatable bonds is 4. The molecule has 27 heavy (non-hydrogen) atoms. The second-order valence-electron chi connectivity index (χ2n) is 7.58. The Labute approximate surface area is 158 Å². The highest BCUT2D eigenvalue weighted by molar-refractivity contribution is 5.80. The average molecular weight is 360 g/mol. The quantitative estimate of drug-likeness (QED) is 0.748. The monoisotopic (exact) mass is 360 g/mol. The fourth-order valence-corrected chi connectivity index (χ4v) is 4.13. The molecule has 5 rings (SSSR count). The second kappa shape index (κ2) is 6.78. The van der Waals surface area contributed by atoms with Crippen LogP contribution in [0.4, 0.5) is 0 Å². The summed E-state index contributed by atoms with van der Waals surface area (Å²) in [5.41, 5.74) is 7.04. The van der Waals surface area contributed by atoms with Gasteiger partial charge in [0, 0.05) is 24.0 Å². The SMILES string of the molecule is Cc1cc2ncccc2cc1Cc1nnc2n1NC(NC1CCCC1)C=C2. The van der Waals surface area contributed by atoms with Crippen molar-refractivity contribution in [1.82, 2.24) is 25.2 Å². The van der Waals surface area contributed by atoms with Crippen LogP contribution < -0.4 is 10.7 Å². The first-order valence-electron chi connectivity index (χ1n) is 9.75. The third kappa shape index (κ3) is 3.21. The molecule has 1 saturated carbocycles. The maximum absolute atomic E-state index is 4.45. The molecule has 0 amide bonds. The van der Waals surface area contributed by atoms with E-state index in [1.165, 1.54) is 36.8 Å². The standard InChI is InChI=1S/C21H24N6/c1-14-11-18-15(5-4-10-22-18)12-16(14)13-21-25-24-20-9-8-19(26-27(20)21)23-17-6-2-3-7-17/h4-5,8-12,17,19,23,26H,2-3,6-7,13H2,1H3. The van der Waals surface area contributed by atoms with Crippen LogP contribution in [0.1, 0.15) is 48.5 Å². The van der Waals surface area contributed by atoms with Crippen molar-refractivity contribution in [2.24, 2.45) is 0 Å². The second-order valence-corrected chi connectivity index (χ2v) is 7.58. The number of nitrogens with one attached hydrogen (secondary N) is 2. The summed E-state index contributed by atoms with van der Waals surface area (Å²) in [6.45, 7) is 2.13. The Balaban J connectivity index is 1.39. The van der Waals surface area contributed by atoms with E-state index >= 15 is 0 Å². The number of aryl methyl sites for hydroxylation is 1. The smallest absolute Gasteiger partial charge is 0.175 e. The molecule has 0 bridgehead atoms. The Hall–Kier alpha value is -2.73. The number of nitrogens with zero attached hydrogens (tertiary/aromatic N) is 4. The third-order valence-electron chi connectivity index (χ3n) is 5.64. The molecule has 1 aliphatic heterocycles. The maximum Gasteiger partial charge on any atom is 0.175 e. The zero-order valence-electron chi connectivity index (χ0n) is 15.5. The van der Waals surface area contributed by atoms with Crippen molar-refractivity contribution >= 4 is 17.0 Å². The molecule has 0 radical (unpaired) electrons. The van der Waals surface area contributed by atoms with E-state index in [0.717, 1.165) is 29.0 Å². The Morgan fingerprint density at radius 2 is 2.11 bits per heavy atom. The molecule has 2 N–H and O–H groups in total. The molecule has 0 spiro atoms. The third-order valence-corrected chi connectivity index (χ3v) is 5.64. The van der Waals surface area contributed by atoms with Crippen LogP contribution in [0, 0.1) is 6.92 Å². The molecule has 2 aromatic heterocycles. The van der Waals surface area contributed by atoms with E-state index in [-0.39, 0.29) is 6.17 Å². The van der Waals surface area contributed by atoms with E-state index < -0.39 is 0 Å². The summed E-state index contributed by atoms with van der Waals surface area (Å²) in [4.78, 5) is 4.45. The van der Waals surface area contributed by atoms with Crippen molar-refractivity contribution in [2.75, 3.05) is 5.43 Å². The largest absolute Gasteiger partial charge is 0.302 e. The summed E-state index contributed by atoms with van der Waals surface area (Å²) in [7, 11) is 0. The number of hydrogen-bond acceptors (Lipinski definition) is 5. The fourth-order valence-electron chi connectivity index (χ4n) is 4.13. The number of hydrogen-bond donors (Lipinski definition) is 2. The average Bonchev–Trinajstić information content (AvgIpc) is 3.32. The molecule has 6 nitrogen and oxygen atoms in total. The van der Waals surface area contributed by atoms with Gasteiger partial charge >= 0.3 is 0 Å². The lowest BCUT2D eigenvalue weighted by atomic mass is 10.0. The van der Waals surface area contributed by atoms with Gasteiger partial charge in [0.15, 0.2) is 11.6 Å². The minimum Gasteiger partial charge on any atom is -0.302 e. The number of benzene rings is 1. The van der Waals surface area contributed by atoms with Gasteiger partial charge < -0.3 is 5.43 Å². The van der Waals surface area contributed by atoms with E-state index in [2.05, 4.69) is 63.2 Å². The maximum atomic E-state index is 4.45. The highest BCUT2D eigenvalue weighted by atomic mass is 15.5. The van der Waals surface area contributed by atoms with E-state index in [1.54, 1.807) is 0 Å². The van der Waals surface area contributed by atoms with Crippen LogP contribution in [0.2, 0.25) is 0 Å². The zero-order chi connectivity index (χ0) is 18.2. The molecule has 1 aliphatic carbocycles. The van der Waals surface area contributed by atoms with Gasteiger partial charge in [0.25, 0.3) is 0 Å². The van der Waals surface area contributed by atoms with Gasteiger partial charge in [-0.1, -0.05) is 18.9 Å². The van der Waals surface area contributed by atoms with Gasteiger partial charge in [-0.2, -0.15) is 0 Å². The molecule has 1 atom stereocenters. The number of fused-ring (bicyclic) bond motifs is 2. The Morgan fingerprint density at radius 3 is 3.00 bits per heavy atom. The normalized spacial score (nSPS) is 19.4. The first-order valence-corrected chi connectivity index (χ1v) is 9.75. The molecule has 138 valence electrons. The van der Waals surface area contributed by atoms with Gasteiger partial charge in [-0.05, 0) is 61.2 Å². The van der Waals surface area contributed by atoms with Crippen molar-refractivity contribution < 1.29 is 0 Å². The summed E-state index contributed by atoms with van der Waals surface area (Å²) in [5, 5.41) is 13.6. The van der Waals surface area contributed by atoms with Gasteiger partial charge in [0.05, 0.1) is 5.52 Å². The molecule has 1 fully saturated rings. The summed E-state index contributed by atoms with van der Waals surface area (Å²) < 4.78 is 2.03. The Bertz CT molecular complexity index is 999. The van der Waals surface area contributed by atoms with Crippen LogP contribution in [0.25, 0.3) is 17.0 Å². The van der Waals surface area contributed by atoms with Crippen LogP contribution in [0.5, 0.6) is 0 Å². The highest BCUT2D eigenvalue weighted by Crippen LogP contribution is 2.22. The minimum absolute atomic E-state index is 0.122. The minimum atomic E-state index is 0.122. The van der Waals surface area contributed by atoms with Gasteiger partial charge in [-0.25, -0.2) is 4.68 Å². The predicted octanol–water partition coefficient (Wildman–Crippen LogP) is 3.15. The van der Waals surface area contributed by atoms with E-state index in [1.807, 2.05) is 16.9 Å². The molecule has 3 heterocycles. The van der Waals surface area contributed by atoms with E-state index in [9.17, 15) is 0 Å². The van der Waals surface area contributed by atoms with E-state index in [4.69, 9.17) is 0 Å². The van der Waals surface area contributed by atoms with Gasteiger partial charge in [-0.3, -0.25) is 10.3 Å². The van der Waals surface area contributed by atoms with Crippen molar-refractivity contribution in [3.8, 4) is 0 Å². The predicted molar refractivity (Wildman–Crippen MR) is 107 cm³/mol. The molecular formula is C21H24N6.